The van der Waals surface area contributed by atoms with Crippen LogP contribution in [0.3, 0.4) is 0 Å². The largest absolute Gasteiger partial charge is 0.477 e. The zero-order valence-electron chi connectivity index (χ0n) is 19.6. The van der Waals surface area contributed by atoms with E-state index >= 15 is 0 Å². The number of fused-ring (bicyclic) bond motifs is 1. The van der Waals surface area contributed by atoms with E-state index in [2.05, 4.69) is 15.3 Å². The Morgan fingerprint density at radius 2 is 1.78 bits per heavy atom. The Morgan fingerprint density at radius 1 is 1.11 bits per heavy atom. The zero-order chi connectivity index (χ0) is 26.0. The van der Waals surface area contributed by atoms with Crippen molar-refractivity contribution in [1.82, 2.24) is 9.97 Å². The van der Waals surface area contributed by atoms with E-state index in [1.807, 2.05) is 19.1 Å². The van der Waals surface area contributed by atoms with Crippen LogP contribution in [0.15, 0.2) is 76.6 Å². The van der Waals surface area contributed by atoms with Crippen LogP contribution in [0.4, 0.5) is 11.5 Å². The van der Waals surface area contributed by atoms with E-state index in [4.69, 9.17) is 10.5 Å². The molecule has 0 aliphatic heterocycles. The van der Waals surface area contributed by atoms with Crippen molar-refractivity contribution in [3.05, 3.63) is 82.8 Å². The maximum Gasteiger partial charge on any atom is 0.349 e. The third kappa shape index (κ3) is 5.33. The molecule has 0 aliphatic carbocycles. The van der Waals surface area contributed by atoms with Gasteiger partial charge >= 0.3 is 5.97 Å². The number of H-pyrrole nitrogens is 1. The van der Waals surface area contributed by atoms with Gasteiger partial charge in [-0.3, -0.25) is 10.2 Å². The fourth-order valence-corrected chi connectivity index (χ4v) is 4.50. The van der Waals surface area contributed by atoms with E-state index in [0.717, 1.165) is 11.8 Å². The summed E-state index contributed by atoms with van der Waals surface area (Å²) in [7, 11) is -3.33. The summed E-state index contributed by atoms with van der Waals surface area (Å²) >= 11 is 0. The number of carboxylic acids is 1. The quantitative estimate of drug-likeness (QED) is 0.260. The van der Waals surface area contributed by atoms with Gasteiger partial charge in [-0.05, 0) is 53.3 Å². The van der Waals surface area contributed by atoms with Crippen molar-refractivity contribution in [2.24, 2.45) is 0 Å². The number of aliphatic carboxylic acids is 1. The van der Waals surface area contributed by atoms with Gasteiger partial charge in [0.25, 0.3) is 5.56 Å². The van der Waals surface area contributed by atoms with E-state index in [-0.39, 0.29) is 28.5 Å². The van der Waals surface area contributed by atoms with E-state index in [1.165, 1.54) is 12.1 Å². The molecule has 9 nitrogen and oxygen atoms in total. The van der Waals surface area contributed by atoms with Gasteiger partial charge in [-0.15, -0.1) is 0 Å². The molecule has 0 radical (unpaired) electrons. The average Bonchev–Trinajstić information content (AvgIpc) is 2.83. The van der Waals surface area contributed by atoms with Crippen molar-refractivity contribution in [1.29, 1.82) is 5.41 Å². The summed E-state index contributed by atoms with van der Waals surface area (Å²) in [6.45, 7) is 1.85. The minimum absolute atomic E-state index is 0.115. The second-order valence-corrected chi connectivity index (χ2v) is 10.6. The van der Waals surface area contributed by atoms with Crippen LogP contribution in [-0.2, 0) is 14.6 Å². The number of hydrogen-bond donors (Lipinski definition) is 4. The van der Waals surface area contributed by atoms with Crippen LogP contribution >= 0.6 is 0 Å². The number of pyridine rings is 2. The number of nitrogens with one attached hydrogen (secondary N) is 3. The fraction of sp³-hybridized carbons (Fsp3) is 0.154. The SMILES string of the molecule is CC(CC(=N)C(=O)O)c1ccc(Nc2nc(-c3ccc(S(C)(=O)=O)cc3)cc3cc[nH]c(=O)c23)cc1. The Morgan fingerprint density at radius 3 is 2.39 bits per heavy atom. The molecule has 2 heterocycles. The van der Waals surface area contributed by atoms with Gasteiger partial charge in [-0.1, -0.05) is 31.2 Å². The summed E-state index contributed by atoms with van der Waals surface area (Å²) in [5.41, 5.74) is 2.15. The smallest absolute Gasteiger partial charge is 0.349 e. The lowest BCUT2D eigenvalue weighted by atomic mass is 9.95. The standard InChI is InChI=1S/C26H24N4O5S/c1-15(13-21(27)26(32)33)16-3-7-19(8-4-16)29-24-23-18(11-12-28-25(23)31)14-22(30-24)17-5-9-20(10-6-17)36(2,34)35/h3-12,14-15,27H,13H2,1-2H3,(H,28,31)(H,29,30)(H,32,33). The van der Waals surface area contributed by atoms with Gasteiger partial charge in [-0.25, -0.2) is 18.2 Å². The molecular weight excluding hydrogens is 480 g/mol. The van der Waals surface area contributed by atoms with Crippen LogP contribution < -0.4 is 10.9 Å². The molecule has 0 saturated carbocycles. The molecular formula is C26H24N4O5S. The summed E-state index contributed by atoms with van der Waals surface area (Å²) in [4.78, 5) is 31.1. The Balaban J connectivity index is 1.69. The molecule has 0 fully saturated rings. The molecule has 0 bridgehead atoms. The molecule has 0 saturated heterocycles. The molecule has 1 unspecified atom stereocenters. The summed E-state index contributed by atoms with van der Waals surface area (Å²) in [5.74, 6) is -1.04. The molecule has 2 aromatic heterocycles. The van der Waals surface area contributed by atoms with Gasteiger partial charge in [0.1, 0.15) is 11.5 Å². The molecule has 10 heteroatoms. The third-order valence-electron chi connectivity index (χ3n) is 5.84. The highest BCUT2D eigenvalue weighted by molar-refractivity contribution is 7.90. The van der Waals surface area contributed by atoms with E-state index < -0.39 is 15.8 Å². The van der Waals surface area contributed by atoms with Crippen LogP contribution in [0.2, 0.25) is 0 Å². The summed E-state index contributed by atoms with van der Waals surface area (Å²) in [6, 6.07) is 17.2. The molecule has 2 aromatic carbocycles. The van der Waals surface area contributed by atoms with Crippen molar-refractivity contribution in [3.63, 3.8) is 0 Å². The highest BCUT2D eigenvalue weighted by atomic mass is 32.2. The first-order chi connectivity index (χ1) is 17.0. The number of rotatable bonds is 8. The Hall–Kier alpha value is -4.31. The van der Waals surface area contributed by atoms with E-state index in [0.29, 0.717) is 33.5 Å². The molecule has 184 valence electrons. The van der Waals surface area contributed by atoms with Crippen LogP contribution in [0.5, 0.6) is 0 Å². The van der Waals surface area contributed by atoms with Gasteiger partial charge in [0.2, 0.25) is 0 Å². The highest BCUT2D eigenvalue weighted by Crippen LogP contribution is 2.29. The van der Waals surface area contributed by atoms with E-state index in [1.54, 1.807) is 42.6 Å². The molecule has 4 N–H and O–H groups in total. The summed E-state index contributed by atoms with van der Waals surface area (Å²) in [5, 5.41) is 20.7. The second kappa shape index (κ2) is 9.74. The molecule has 0 spiro atoms. The average molecular weight is 505 g/mol. The number of aromatic amines is 1. The molecule has 1 atom stereocenters. The van der Waals surface area contributed by atoms with Crippen molar-refractivity contribution in [2.45, 2.75) is 24.2 Å². The fourth-order valence-electron chi connectivity index (χ4n) is 3.87. The molecule has 4 rings (SSSR count). The maximum atomic E-state index is 12.6. The molecule has 4 aromatic rings. The van der Waals surface area contributed by atoms with Crippen LogP contribution in [0, 0.1) is 5.41 Å². The van der Waals surface area contributed by atoms with Crippen molar-refractivity contribution in [2.75, 3.05) is 11.6 Å². The summed E-state index contributed by atoms with van der Waals surface area (Å²) < 4.78 is 23.6. The second-order valence-electron chi connectivity index (χ2n) is 8.56. The Labute approximate surface area is 207 Å². The normalized spacial score (nSPS) is 12.3. The topological polar surface area (TPSA) is 153 Å². The number of anilines is 2. The van der Waals surface area contributed by atoms with Crippen molar-refractivity contribution < 1.29 is 18.3 Å². The highest BCUT2D eigenvalue weighted by Gasteiger charge is 2.15. The van der Waals surface area contributed by atoms with Crippen LogP contribution in [0.1, 0.15) is 24.8 Å². The first-order valence-corrected chi connectivity index (χ1v) is 12.9. The Kier molecular flexibility index (Phi) is 6.71. The zero-order valence-corrected chi connectivity index (χ0v) is 20.4. The number of aromatic nitrogens is 2. The van der Waals surface area contributed by atoms with Crippen molar-refractivity contribution in [3.8, 4) is 11.3 Å². The first-order valence-electron chi connectivity index (χ1n) is 11.0. The van der Waals surface area contributed by atoms with Crippen LogP contribution in [-0.4, -0.2) is 41.4 Å². The van der Waals surface area contributed by atoms with Gasteiger partial charge < -0.3 is 15.4 Å². The van der Waals surface area contributed by atoms with Crippen molar-refractivity contribution >= 4 is 43.8 Å². The minimum Gasteiger partial charge on any atom is -0.477 e. The van der Waals surface area contributed by atoms with E-state index in [9.17, 15) is 18.0 Å². The van der Waals surface area contributed by atoms with Crippen LogP contribution in [0.25, 0.3) is 22.0 Å². The lowest BCUT2D eigenvalue weighted by Crippen LogP contribution is -2.14. The van der Waals surface area contributed by atoms with Gasteiger partial charge in [0, 0.05) is 30.1 Å². The number of sulfone groups is 1. The minimum atomic E-state index is -3.33. The van der Waals surface area contributed by atoms with Gasteiger partial charge in [0.05, 0.1) is 16.0 Å². The van der Waals surface area contributed by atoms with Gasteiger partial charge in [0.15, 0.2) is 9.84 Å². The number of hydrogen-bond acceptors (Lipinski definition) is 7. The number of carboxylic acid groups (broad SMARTS) is 1. The number of carbonyl (C=O) groups is 1. The molecule has 0 aliphatic rings. The molecule has 0 amide bonds. The maximum absolute atomic E-state index is 12.6. The predicted octanol–water partition coefficient (Wildman–Crippen LogP) is 4.34. The molecule has 36 heavy (non-hydrogen) atoms. The number of benzene rings is 2. The lowest BCUT2D eigenvalue weighted by Gasteiger charge is -2.14. The monoisotopic (exact) mass is 504 g/mol. The predicted molar refractivity (Wildman–Crippen MR) is 139 cm³/mol. The Bertz CT molecular complexity index is 1630. The summed E-state index contributed by atoms with van der Waals surface area (Å²) in [6.07, 6.45) is 2.81. The first kappa shape index (κ1) is 24.8. The number of nitrogens with zero attached hydrogens (tertiary/aromatic N) is 1. The third-order valence-corrected chi connectivity index (χ3v) is 6.97. The van der Waals surface area contributed by atoms with Gasteiger partial charge in [-0.2, -0.15) is 0 Å². The lowest BCUT2D eigenvalue weighted by molar-refractivity contribution is -0.129.